The summed E-state index contributed by atoms with van der Waals surface area (Å²) < 4.78 is 0. The second-order valence-electron chi connectivity index (χ2n) is 11.4. The first-order valence-corrected chi connectivity index (χ1v) is 15.1. The molecule has 0 spiro atoms. The molecule has 2 fully saturated rings. The molecular formula is C33H39Cl2N3O2. The minimum absolute atomic E-state index is 0.0670. The first kappa shape index (κ1) is 29.1. The number of hydrogen-bond acceptors (Lipinski definition) is 4. The summed E-state index contributed by atoms with van der Waals surface area (Å²) in [6, 6.07) is 25.5. The molecule has 1 N–H and O–H groups in total. The number of rotatable bonds is 8. The number of hydrogen-bond donors (Lipinski definition) is 1. The van der Waals surface area contributed by atoms with Gasteiger partial charge in [0.2, 0.25) is 0 Å². The van der Waals surface area contributed by atoms with Crippen LogP contribution in [0.4, 0.5) is 0 Å². The van der Waals surface area contributed by atoms with E-state index in [1.54, 1.807) is 0 Å². The molecule has 212 valence electrons. The van der Waals surface area contributed by atoms with E-state index in [1.807, 2.05) is 77.7 Å². The summed E-state index contributed by atoms with van der Waals surface area (Å²) in [6.07, 6.45) is 4.34. The second-order valence-corrected chi connectivity index (χ2v) is 12.2. The van der Waals surface area contributed by atoms with Gasteiger partial charge in [-0.3, -0.25) is 9.69 Å². The number of likely N-dealkylation sites (N-methyl/N-ethyl adjacent to an activating group) is 1. The molecule has 7 heteroatoms. The largest absolute Gasteiger partial charge is 0.385 e. The molecule has 0 bridgehead atoms. The van der Waals surface area contributed by atoms with Crippen LogP contribution in [0.2, 0.25) is 10.0 Å². The molecule has 2 saturated heterocycles. The van der Waals surface area contributed by atoms with Crippen molar-refractivity contribution < 1.29 is 9.90 Å². The monoisotopic (exact) mass is 579 g/mol. The van der Waals surface area contributed by atoms with Gasteiger partial charge in [-0.15, -0.1) is 0 Å². The van der Waals surface area contributed by atoms with E-state index in [-0.39, 0.29) is 11.4 Å². The van der Waals surface area contributed by atoms with Crippen molar-refractivity contribution in [2.45, 2.75) is 43.2 Å². The number of benzene rings is 3. The van der Waals surface area contributed by atoms with E-state index in [4.69, 9.17) is 23.2 Å². The Morgan fingerprint density at radius 3 is 2.23 bits per heavy atom. The zero-order valence-corrected chi connectivity index (χ0v) is 24.7. The van der Waals surface area contributed by atoms with Crippen LogP contribution in [-0.4, -0.2) is 72.0 Å². The van der Waals surface area contributed by atoms with Crippen molar-refractivity contribution in [1.29, 1.82) is 0 Å². The van der Waals surface area contributed by atoms with E-state index in [0.717, 1.165) is 81.5 Å². The van der Waals surface area contributed by atoms with Gasteiger partial charge >= 0.3 is 0 Å². The van der Waals surface area contributed by atoms with Gasteiger partial charge in [0.25, 0.3) is 5.91 Å². The van der Waals surface area contributed by atoms with E-state index in [2.05, 4.69) is 22.9 Å². The average molecular weight is 581 g/mol. The number of nitrogens with zero attached hydrogens (tertiary/aromatic N) is 3. The maximum Gasteiger partial charge on any atom is 0.253 e. The number of amides is 1. The third kappa shape index (κ3) is 6.24. The van der Waals surface area contributed by atoms with Crippen LogP contribution < -0.4 is 0 Å². The summed E-state index contributed by atoms with van der Waals surface area (Å²) in [4.78, 5) is 20.3. The molecule has 0 aromatic heterocycles. The highest BCUT2D eigenvalue weighted by molar-refractivity contribution is 6.42. The molecule has 2 aliphatic heterocycles. The standard InChI is InChI=1S/C33H39Cl2N3O2/c1-36(19-9-20-37-22-17-33(40,18-23-37)27-12-6-3-7-13-27)32(28-14-15-29(34)30(35)24-28)16-8-21-38(25-32)31(39)26-10-4-2-5-11-26/h2-7,10-15,24,40H,8-9,16-23,25H2,1H3. The number of carbonyl (C=O) groups is 1. The Morgan fingerprint density at radius 1 is 0.875 bits per heavy atom. The van der Waals surface area contributed by atoms with Gasteiger partial charge in [-0.25, -0.2) is 0 Å². The molecule has 40 heavy (non-hydrogen) atoms. The summed E-state index contributed by atoms with van der Waals surface area (Å²) in [5.74, 6) is 0.0670. The van der Waals surface area contributed by atoms with Crippen LogP contribution in [0, 0.1) is 0 Å². The molecule has 1 unspecified atom stereocenters. The Bertz CT molecular complexity index is 1280. The van der Waals surface area contributed by atoms with Gasteiger partial charge in [-0.2, -0.15) is 0 Å². The van der Waals surface area contributed by atoms with Crippen molar-refractivity contribution in [3.8, 4) is 0 Å². The van der Waals surface area contributed by atoms with Crippen molar-refractivity contribution >= 4 is 29.1 Å². The average Bonchev–Trinajstić information content (AvgIpc) is 3.00. The van der Waals surface area contributed by atoms with E-state index < -0.39 is 5.60 Å². The van der Waals surface area contributed by atoms with Gasteiger partial charge in [0.05, 0.1) is 21.2 Å². The molecule has 1 atom stereocenters. The lowest BCUT2D eigenvalue weighted by Crippen LogP contribution is -2.57. The number of likely N-dealkylation sites (tertiary alicyclic amines) is 2. The predicted molar refractivity (Wildman–Crippen MR) is 163 cm³/mol. The van der Waals surface area contributed by atoms with Crippen LogP contribution in [0.3, 0.4) is 0 Å². The van der Waals surface area contributed by atoms with Crippen LogP contribution in [0.1, 0.15) is 53.6 Å². The number of piperidine rings is 2. The fourth-order valence-electron chi connectivity index (χ4n) is 6.46. The topological polar surface area (TPSA) is 47.0 Å². The van der Waals surface area contributed by atoms with Gasteiger partial charge in [0.15, 0.2) is 0 Å². The highest BCUT2D eigenvalue weighted by Gasteiger charge is 2.42. The van der Waals surface area contributed by atoms with Gasteiger partial charge in [0.1, 0.15) is 0 Å². The molecule has 5 nitrogen and oxygen atoms in total. The molecular weight excluding hydrogens is 541 g/mol. The molecule has 0 aliphatic carbocycles. The van der Waals surface area contributed by atoms with Crippen LogP contribution in [0.15, 0.2) is 78.9 Å². The van der Waals surface area contributed by atoms with E-state index in [0.29, 0.717) is 16.6 Å². The number of halogens is 2. The lowest BCUT2D eigenvalue weighted by Gasteiger charge is -2.49. The van der Waals surface area contributed by atoms with Crippen molar-refractivity contribution in [3.63, 3.8) is 0 Å². The van der Waals surface area contributed by atoms with Crippen molar-refractivity contribution in [2.75, 3.05) is 46.3 Å². The third-order valence-corrected chi connectivity index (χ3v) is 9.67. The molecule has 5 rings (SSSR count). The summed E-state index contributed by atoms with van der Waals surface area (Å²) in [7, 11) is 2.17. The molecule has 1 amide bonds. The fraction of sp³-hybridized carbons (Fsp3) is 0.424. The zero-order chi connectivity index (χ0) is 28.2. The van der Waals surface area contributed by atoms with Crippen LogP contribution >= 0.6 is 23.2 Å². The Morgan fingerprint density at radius 2 is 1.55 bits per heavy atom. The van der Waals surface area contributed by atoms with Gasteiger partial charge in [-0.1, -0.05) is 77.8 Å². The van der Waals surface area contributed by atoms with Crippen LogP contribution in [0.5, 0.6) is 0 Å². The SMILES string of the molecule is CN(CCCN1CCC(O)(c2ccccc2)CC1)C1(c2ccc(Cl)c(Cl)c2)CCCN(C(=O)c2ccccc2)C1. The smallest absolute Gasteiger partial charge is 0.253 e. The Kier molecular flexibility index (Phi) is 9.18. The molecule has 3 aromatic rings. The minimum atomic E-state index is -0.733. The van der Waals surface area contributed by atoms with Gasteiger partial charge < -0.3 is 14.9 Å². The fourth-order valence-corrected chi connectivity index (χ4v) is 6.75. The predicted octanol–water partition coefficient (Wildman–Crippen LogP) is 6.43. The van der Waals surface area contributed by atoms with Gasteiger partial charge in [-0.05, 0) is 87.6 Å². The van der Waals surface area contributed by atoms with Crippen molar-refractivity contribution in [2.24, 2.45) is 0 Å². The Labute approximate surface area is 248 Å². The van der Waals surface area contributed by atoms with Crippen LogP contribution in [-0.2, 0) is 11.1 Å². The molecule has 0 radical (unpaired) electrons. The lowest BCUT2D eigenvalue weighted by atomic mass is 9.80. The normalized spacial score (nSPS) is 21.5. The molecule has 2 heterocycles. The maximum atomic E-state index is 13.5. The third-order valence-electron chi connectivity index (χ3n) is 8.93. The Balaban J connectivity index is 1.27. The first-order valence-electron chi connectivity index (χ1n) is 14.3. The van der Waals surface area contributed by atoms with Crippen LogP contribution in [0.25, 0.3) is 0 Å². The van der Waals surface area contributed by atoms with E-state index in [9.17, 15) is 9.90 Å². The maximum absolute atomic E-state index is 13.5. The molecule has 0 saturated carbocycles. The van der Waals surface area contributed by atoms with Gasteiger partial charge in [0, 0.05) is 31.7 Å². The highest BCUT2D eigenvalue weighted by Crippen LogP contribution is 2.40. The Hall–Kier alpha value is -2.41. The van der Waals surface area contributed by atoms with E-state index in [1.165, 1.54) is 0 Å². The number of carbonyl (C=O) groups excluding carboxylic acids is 1. The minimum Gasteiger partial charge on any atom is -0.385 e. The number of aliphatic hydroxyl groups is 1. The highest BCUT2D eigenvalue weighted by atomic mass is 35.5. The zero-order valence-electron chi connectivity index (χ0n) is 23.2. The molecule has 3 aromatic carbocycles. The lowest BCUT2D eigenvalue weighted by molar-refractivity contribution is -0.0276. The summed E-state index contributed by atoms with van der Waals surface area (Å²) >= 11 is 12.8. The second kappa shape index (κ2) is 12.6. The van der Waals surface area contributed by atoms with Crippen molar-refractivity contribution in [1.82, 2.24) is 14.7 Å². The van der Waals surface area contributed by atoms with Crippen molar-refractivity contribution in [3.05, 3.63) is 106 Å². The molecule has 2 aliphatic rings. The quantitative estimate of drug-likeness (QED) is 0.334. The summed E-state index contributed by atoms with van der Waals surface area (Å²) in [6.45, 7) is 4.96. The first-order chi connectivity index (χ1) is 19.3. The summed E-state index contributed by atoms with van der Waals surface area (Å²) in [5, 5.41) is 12.3. The van der Waals surface area contributed by atoms with E-state index >= 15 is 0 Å². The summed E-state index contributed by atoms with van der Waals surface area (Å²) in [5.41, 5.74) is 1.75.